The van der Waals surface area contributed by atoms with Crippen LogP contribution in [-0.4, -0.2) is 10.1 Å². The van der Waals surface area contributed by atoms with Gasteiger partial charge in [-0.05, 0) is 0 Å². The first-order valence-electron chi connectivity index (χ1n) is 3.39. The van der Waals surface area contributed by atoms with E-state index in [0.29, 0.717) is 11.4 Å². The van der Waals surface area contributed by atoms with Crippen molar-refractivity contribution in [2.45, 2.75) is 13.8 Å². The molecule has 0 atom stereocenters. The van der Waals surface area contributed by atoms with Crippen molar-refractivity contribution in [2.75, 3.05) is 0 Å². The number of nitro groups is 1. The summed E-state index contributed by atoms with van der Waals surface area (Å²) in [6.45, 7) is 3.19. The van der Waals surface area contributed by atoms with E-state index in [0.717, 1.165) is 4.73 Å². The first-order chi connectivity index (χ1) is 5.52. The molecule has 1 heterocycles. The quantitative estimate of drug-likeness (QED) is 0.292. The third kappa shape index (κ3) is 1.34. The van der Waals surface area contributed by atoms with Gasteiger partial charge in [-0.2, -0.15) is 0 Å². The molecule has 64 valence electrons. The zero-order valence-corrected chi connectivity index (χ0v) is 6.81. The molecular weight excluding hydrogens is 160 g/mol. The molecule has 1 rings (SSSR count). The Morgan fingerprint density at radius 3 is 2.17 bits per heavy atom. The van der Waals surface area contributed by atoms with Crippen molar-refractivity contribution < 1.29 is 14.9 Å². The van der Waals surface area contributed by atoms with Crippen molar-refractivity contribution in [3.63, 3.8) is 0 Å². The first-order valence-corrected chi connectivity index (χ1v) is 3.39. The van der Waals surface area contributed by atoms with Gasteiger partial charge in [0.05, 0.1) is 17.1 Å². The lowest BCUT2D eigenvalue weighted by molar-refractivity contribution is -0.912. The Morgan fingerprint density at radius 1 is 1.42 bits per heavy atom. The number of aromatic nitrogens is 1. The molecule has 0 bridgehead atoms. The summed E-state index contributed by atoms with van der Waals surface area (Å²) >= 11 is 0. The maximum Gasteiger partial charge on any atom is 0.282 e. The average molecular weight is 169 g/mol. The molecule has 0 radical (unpaired) electrons. The molecule has 0 unspecified atom stereocenters. The van der Waals surface area contributed by atoms with Gasteiger partial charge in [-0.25, -0.2) is 0 Å². The van der Waals surface area contributed by atoms with Crippen LogP contribution in [0.25, 0.3) is 0 Å². The van der Waals surface area contributed by atoms with Gasteiger partial charge in [0.1, 0.15) is 0 Å². The van der Waals surface area contributed by atoms with Crippen LogP contribution in [-0.2, 0) is 0 Å². The standard InChI is InChI=1S/C7H9N2O3/c1-5-3-7(9(11)12)4-6(2)8(5)10/h3-4,10H,1-2H3/q+1. The van der Waals surface area contributed by atoms with E-state index in [9.17, 15) is 15.3 Å². The van der Waals surface area contributed by atoms with E-state index >= 15 is 0 Å². The molecule has 0 saturated carbocycles. The Bertz CT molecular complexity index is 312. The molecule has 0 aliphatic rings. The summed E-state index contributed by atoms with van der Waals surface area (Å²) in [5, 5.41) is 19.5. The number of hydrogen-bond acceptors (Lipinski definition) is 3. The molecular formula is C7H9N2O3+. The summed E-state index contributed by atoms with van der Waals surface area (Å²) in [7, 11) is 0. The fraction of sp³-hybridized carbons (Fsp3) is 0.286. The number of hydrogen-bond donors (Lipinski definition) is 1. The van der Waals surface area contributed by atoms with Crippen LogP contribution >= 0.6 is 0 Å². The predicted octanol–water partition coefficient (Wildman–Crippen LogP) is 0.736. The van der Waals surface area contributed by atoms with Crippen molar-refractivity contribution in [3.05, 3.63) is 33.6 Å². The average Bonchev–Trinajstić information content (AvgIpc) is 1.99. The van der Waals surface area contributed by atoms with Gasteiger partial charge >= 0.3 is 0 Å². The summed E-state index contributed by atoms with van der Waals surface area (Å²) in [5.41, 5.74) is 0.888. The third-order valence-electron chi connectivity index (χ3n) is 1.59. The highest BCUT2D eigenvalue weighted by Gasteiger charge is 2.17. The van der Waals surface area contributed by atoms with Gasteiger partial charge < -0.3 is 0 Å². The van der Waals surface area contributed by atoms with Gasteiger partial charge in [0.15, 0.2) is 0 Å². The highest BCUT2D eigenvalue weighted by Crippen LogP contribution is 2.10. The van der Waals surface area contributed by atoms with Crippen LogP contribution < -0.4 is 4.73 Å². The number of nitrogens with zero attached hydrogens (tertiary/aromatic N) is 2. The summed E-state index contributed by atoms with van der Waals surface area (Å²) in [4.78, 5) is 9.85. The lowest BCUT2D eigenvalue weighted by Crippen LogP contribution is -2.36. The van der Waals surface area contributed by atoms with Crippen molar-refractivity contribution in [2.24, 2.45) is 0 Å². The second-order valence-electron chi connectivity index (χ2n) is 2.57. The Hall–Kier alpha value is -1.65. The van der Waals surface area contributed by atoms with Crippen molar-refractivity contribution >= 4 is 5.69 Å². The van der Waals surface area contributed by atoms with Gasteiger partial charge in [-0.15, -0.1) is 0 Å². The largest absolute Gasteiger partial charge is 0.285 e. The monoisotopic (exact) mass is 169 g/mol. The molecule has 0 aromatic carbocycles. The molecule has 0 fully saturated rings. The maximum absolute atomic E-state index is 10.3. The van der Waals surface area contributed by atoms with Gasteiger partial charge in [0.25, 0.3) is 5.69 Å². The summed E-state index contributed by atoms with van der Waals surface area (Å²) in [6, 6.07) is 2.62. The zero-order valence-electron chi connectivity index (χ0n) is 6.81. The minimum Gasteiger partial charge on any atom is -0.285 e. The van der Waals surface area contributed by atoms with E-state index in [1.807, 2.05) is 0 Å². The Morgan fingerprint density at radius 2 is 1.83 bits per heavy atom. The van der Waals surface area contributed by atoms with E-state index in [-0.39, 0.29) is 5.69 Å². The van der Waals surface area contributed by atoms with E-state index < -0.39 is 4.92 Å². The number of rotatable bonds is 1. The lowest BCUT2D eigenvalue weighted by Gasteiger charge is -1.93. The fourth-order valence-corrected chi connectivity index (χ4v) is 0.976. The van der Waals surface area contributed by atoms with Crippen LogP contribution in [0.1, 0.15) is 11.4 Å². The molecule has 1 N–H and O–H groups in total. The molecule has 0 spiro atoms. The molecule has 0 aliphatic carbocycles. The molecule has 0 saturated heterocycles. The maximum atomic E-state index is 10.3. The van der Waals surface area contributed by atoms with Gasteiger partial charge in [0, 0.05) is 18.6 Å². The van der Waals surface area contributed by atoms with E-state index in [4.69, 9.17) is 0 Å². The summed E-state index contributed by atoms with van der Waals surface area (Å²) in [6.07, 6.45) is 0. The van der Waals surface area contributed by atoms with Gasteiger partial charge in [-0.3, -0.25) is 15.3 Å². The number of pyridine rings is 1. The van der Waals surface area contributed by atoms with Crippen LogP contribution in [0.3, 0.4) is 0 Å². The first kappa shape index (κ1) is 8.45. The smallest absolute Gasteiger partial charge is 0.282 e. The fourth-order valence-electron chi connectivity index (χ4n) is 0.976. The predicted molar refractivity (Wildman–Crippen MR) is 39.9 cm³/mol. The molecule has 1 aromatic heterocycles. The van der Waals surface area contributed by atoms with E-state index in [1.165, 1.54) is 12.1 Å². The minimum atomic E-state index is -0.486. The van der Waals surface area contributed by atoms with Crippen molar-refractivity contribution in [3.8, 4) is 0 Å². The summed E-state index contributed by atoms with van der Waals surface area (Å²) in [5.74, 6) is 0. The van der Waals surface area contributed by atoms with Crippen LogP contribution in [0.4, 0.5) is 5.69 Å². The van der Waals surface area contributed by atoms with E-state index in [1.54, 1.807) is 13.8 Å². The molecule has 5 nitrogen and oxygen atoms in total. The second kappa shape index (κ2) is 2.77. The van der Waals surface area contributed by atoms with Gasteiger partial charge in [-0.1, -0.05) is 0 Å². The topological polar surface area (TPSA) is 67.2 Å². The molecule has 12 heavy (non-hydrogen) atoms. The Balaban J connectivity index is 3.31. The number of aryl methyl sites for hydroxylation is 2. The van der Waals surface area contributed by atoms with Crippen LogP contribution in [0.2, 0.25) is 0 Å². The molecule has 0 aliphatic heterocycles. The van der Waals surface area contributed by atoms with Crippen LogP contribution in [0, 0.1) is 24.0 Å². The second-order valence-corrected chi connectivity index (χ2v) is 2.57. The lowest BCUT2D eigenvalue weighted by atomic mass is 10.3. The Labute approximate surface area is 69.0 Å². The molecule has 1 aromatic rings. The highest BCUT2D eigenvalue weighted by atomic mass is 16.6. The normalized spacial score (nSPS) is 9.83. The summed E-state index contributed by atoms with van der Waals surface area (Å²) < 4.78 is 0.910. The molecule has 5 heteroatoms. The van der Waals surface area contributed by atoms with E-state index in [2.05, 4.69) is 0 Å². The molecule has 0 amide bonds. The van der Waals surface area contributed by atoms with Crippen LogP contribution in [0.15, 0.2) is 12.1 Å². The Kier molecular flexibility index (Phi) is 1.95. The third-order valence-corrected chi connectivity index (χ3v) is 1.59. The van der Waals surface area contributed by atoms with Gasteiger partial charge in [0.2, 0.25) is 11.4 Å². The van der Waals surface area contributed by atoms with Crippen molar-refractivity contribution in [1.29, 1.82) is 0 Å². The van der Waals surface area contributed by atoms with Crippen LogP contribution in [0.5, 0.6) is 0 Å². The SMILES string of the molecule is Cc1cc([N+](=O)[O-])cc(C)[n+]1O. The minimum absolute atomic E-state index is 0.00435. The zero-order chi connectivity index (χ0) is 9.30. The highest BCUT2D eigenvalue weighted by molar-refractivity contribution is 5.29. The van der Waals surface area contributed by atoms with Crippen molar-refractivity contribution in [1.82, 2.24) is 0 Å².